The number of nitrogens with zero attached hydrogens (tertiary/aromatic N) is 1. The SMILES string of the molecule is Cc1cc2ccccc2nc1C#CS(C)(C)C. The summed E-state index contributed by atoms with van der Waals surface area (Å²) in [5, 5.41) is 4.49. The number of pyridine rings is 1. The maximum absolute atomic E-state index is 4.62. The average molecular weight is 243 g/mol. The van der Waals surface area contributed by atoms with E-state index in [1.807, 2.05) is 18.2 Å². The second-order valence-electron chi connectivity index (χ2n) is 4.91. The van der Waals surface area contributed by atoms with E-state index in [1.165, 1.54) is 5.39 Å². The van der Waals surface area contributed by atoms with Crippen molar-refractivity contribution in [2.75, 3.05) is 18.8 Å². The monoisotopic (exact) mass is 243 g/mol. The van der Waals surface area contributed by atoms with Gasteiger partial charge in [0.1, 0.15) is 5.69 Å². The molecule has 0 atom stereocenters. The quantitative estimate of drug-likeness (QED) is 0.645. The van der Waals surface area contributed by atoms with E-state index in [9.17, 15) is 0 Å². The molecule has 0 saturated heterocycles. The lowest BCUT2D eigenvalue weighted by atomic mass is 10.1. The fourth-order valence-electron chi connectivity index (χ4n) is 1.55. The molecule has 0 spiro atoms. The van der Waals surface area contributed by atoms with Crippen LogP contribution in [0, 0.1) is 18.1 Å². The van der Waals surface area contributed by atoms with E-state index in [1.54, 1.807) is 0 Å². The van der Waals surface area contributed by atoms with E-state index in [-0.39, 0.29) is 0 Å². The minimum atomic E-state index is -0.793. The van der Waals surface area contributed by atoms with Crippen molar-refractivity contribution in [3.63, 3.8) is 0 Å². The molecule has 0 amide bonds. The summed E-state index contributed by atoms with van der Waals surface area (Å²) in [6.07, 6.45) is 6.57. The van der Waals surface area contributed by atoms with Gasteiger partial charge < -0.3 is 0 Å². The van der Waals surface area contributed by atoms with Crippen LogP contribution in [0.25, 0.3) is 10.9 Å². The van der Waals surface area contributed by atoms with Crippen LogP contribution in [0.4, 0.5) is 0 Å². The maximum atomic E-state index is 4.62. The number of para-hydroxylation sites is 1. The zero-order chi connectivity index (χ0) is 12.5. The molecule has 0 bridgehead atoms. The highest BCUT2D eigenvalue weighted by atomic mass is 32.3. The van der Waals surface area contributed by atoms with Crippen molar-refractivity contribution in [2.45, 2.75) is 6.92 Å². The Bertz CT molecular complexity index is 612. The number of aryl methyl sites for hydroxylation is 1. The van der Waals surface area contributed by atoms with Crippen LogP contribution in [0.3, 0.4) is 0 Å². The molecule has 1 nitrogen and oxygen atoms in total. The molecule has 1 aromatic carbocycles. The van der Waals surface area contributed by atoms with Crippen LogP contribution in [0.1, 0.15) is 11.3 Å². The van der Waals surface area contributed by atoms with E-state index in [0.717, 1.165) is 16.8 Å². The normalized spacial score (nSPS) is 12.0. The molecule has 0 aliphatic carbocycles. The van der Waals surface area contributed by atoms with Gasteiger partial charge in [0.2, 0.25) is 0 Å². The summed E-state index contributed by atoms with van der Waals surface area (Å²) < 4.78 is 0. The van der Waals surface area contributed by atoms with E-state index in [2.05, 4.69) is 54.0 Å². The third-order valence-corrected chi connectivity index (χ3v) is 3.10. The molecular weight excluding hydrogens is 226 g/mol. The molecule has 0 N–H and O–H groups in total. The molecule has 2 aromatic rings. The van der Waals surface area contributed by atoms with Crippen LogP contribution in [-0.4, -0.2) is 23.8 Å². The molecule has 0 unspecified atom stereocenters. The molecule has 88 valence electrons. The third kappa shape index (κ3) is 3.01. The van der Waals surface area contributed by atoms with Gasteiger partial charge in [0.05, 0.1) is 5.52 Å². The summed E-state index contributed by atoms with van der Waals surface area (Å²) >= 11 is 0. The van der Waals surface area contributed by atoms with E-state index in [4.69, 9.17) is 0 Å². The lowest BCUT2D eigenvalue weighted by Gasteiger charge is -2.14. The summed E-state index contributed by atoms with van der Waals surface area (Å²) in [5.74, 6) is 3.22. The molecule has 0 aliphatic heterocycles. The first-order valence-corrected chi connectivity index (χ1v) is 8.39. The largest absolute Gasteiger partial charge is 0.239 e. The van der Waals surface area contributed by atoms with Crippen LogP contribution in [0.15, 0.2) is 30.3 Å². The van der Waals surface area contributed by atoms with Gasteiger partial charge in [-0.1, -0.05) is 18.2 Å². The minimum absolute atomic E-state index is 0.793. The van der Waals surface area contributed by atoms with Gasteiger partial charge in [-0.15, -0.1) is 0 Å². The van der Waals surface area contributed by atoms with Crippen LogP contribution < -0.4 is 0 Å². The van der Waals surface area contributed by atoms with Gasteiger partial charge in [-0.3, -0.25) is 0 Å². The Morgan fingerprint density at radius 2 is 1.82 bits per heavy atom. The lowest BCUT2D eigenvalue weighted by Crippen LogP contribution is -1.91. The molecule has 2 rings (SSSR count). The fraction of sp³-hybridized carbons (Fsp3) is 0.267. The Hall–Kier alpha value is -1.46. The molecular formula is C15H17NS. The standard InChI is InChI=1S/C15H17NS/c1-12-11-13-7-5-6-8-15(13)16-14(12)9-10-17(2,3)4/h5-8,11H,1-4H3. The summed E-state index contributed by atoms with van der Waals surface area (Å²) in [6.45, 7) is 2.07. The Morgan fingerprint density at radius 1 is 1.12 bits per heavy atom. The van der Waals surface area contributed by atoms with Crippen molar-refractivity contribution in [3.05, 3.63) is 41.6 Å². The molecule has 0 saturated carbocycles. The first kappa shape index (κ1) is 12.0. The van der Waals surface area contributed by atoms with Gasteiger partial charge in [0.25, 0.3) is 0 Å². The Morgan fingerprint density at radius 3 is 2.53 bits per heavy atom. The molecule has 0 radical (unpaired) electrons. The zero-order valence-electron chi connectivity index (χ0n) is 10.7. The highest BCUT2D eigenvalue weighted by Gasteiger charge is 2.02. The second-order valence-corrected chi connectivity index (χ2v) is 8.79. The van der Waals surface area contributed by atoms with Crippen LogP contribution in [0.2, 0.25) is 0 Å². The molecule has 1 heterocycles. The summed E-state index contributed by atoms with van der Waals surface area (Å²) in [5.41, 5.74) is 3.08. The third-order valence-electron chi connectivity index (χ3n) is 2.39. The smallest absolute Gasteiger partial charge is 0.117 e. The Kier molecular flexibility index (Phi) is 3.13. The van der Waals surface area contributed by atoms with Crippen LogP contribution >= 0.6 is 10.0 Å². The minimum Gasteiger partial charge on any atom is -0.239 e. The predicted octanol–water partition coefficient (Wildman–Crippen LogP) is 3.55. The van der Waals surface area contributed by atoms with Gasteiger partial charge >= 0.3 is 0 Å². The fourth-order valence-corrected chi connectivity index (χ4v) is 1.95. The van der Waals surface area contributed by atoms with E-state index >= 15 is 0 Å². The van der Waals surface area contributed by atoms with Crippen molar-refractivity contribution in [2.24, 2.45) is 0 Å². The van der Waals surface area contributed by atoms with Gasteiger partial charge in [-0.25, -0.2) is 4.98 Å². The van der Waals surface area contributed by atoms with Gasteiger partial charge in [0.15, 0.2) is 0 Å². The van der Waals surface area contributed by atoms with E-state index < -0.39 is 10.0 Å². The van der Waals surface area contributed by atoms with E-state index in [0.29, 0.717) is 0 Å². The van der Waals surface area contributed by atoms with Crippen molar-refractivity contribution < 1.29 is 0 Å². The number of aromatic nitrogens is 1. The number of benzene rings is 1. The molecule has 17 heavy (non-hydrogen) atoms. The predicted molar refractivity (Wildman–Crippen MR) is 78.7 cm³/mol. The molecule has 1 aromatic heterocycles. The number of rotatable bonds is 0. The average Bonchev–Trinajstić information content (AvgIpc) is 2.25. The van der Waals surface area contributed by atoms with Crippen molar-refractivity contribution in [3.8, 4) is 11.2 Å². The van der Waals surface area contributed by atoms with Crippen LogP contribution in [-0.2, 0) is 0 Å². The number of hydrogen-bond acceptors (Lipinski definition) is 1. The highest BCUT2D eigenvalue weighted by Crippen LogP contribution is 2.32. The van der Waals surface area contributed by atoms with Crippen molar-refractivity contribution in [1.82, 2.24) is 4.98 Å². The van der Waals surface area contributed by atoms with Gasteiger partial charge in [-0.2, -0.15) is 10.0 Å². The Balaban J connectivity index is 2.54. The summed E-state index contributed by atoms with van der Waals surface area (Å²) in [7, 11) is -0.793. The summed E-state index contributed by atoms with van der Waals surface area (Å²) in [4.78, 5) is 4.62. The van der Waals surface area contributed by atoms with Gasteiger partial charge in [0, 0.05) is 5.39 Å². The first-order chi connectivity index (χ1) is 7.96. The maximum Gasteiger partial charge on any atom is 0.117 e. The highest BCUT2D eigenvalue weighted by molar-refractivity contribution is 8.35. The Labute approximate surface area is 105 Å². The number of hydrogen-bond donors (Lipinski definition) is 0. The van der Waals surface area contributed by atoms with Crippen molar-refractivity contribution >= 4 is 20.9 Å². The lowest BCUT2D eigenvalue weighted by molar-refractivity contribution is 1.29. The zero-order valence-corrected chi connectivity index (χ0v) is 11.6. The molecule has 0 aliphatic rings. The topological polar surface area (TPSA) is 12.9 Å². The number of fused-ring (bicyclic) bond motifs is 1. The van der Waals surface area contributed by atoms with Crippen LogP contribution in [0.5, 0.6) is 0 Å². The van der Waals surface area contributed by atoms with Crippen molar-refractivity contribution in [1.29, 1.82) is 0 Å². The molecule has 0 fully saturated rings. The van der Waals surface area contributed by atoms with Gasteiger partial charge in [-0.05, 0) is 54.6 Å². The summed E-state index contributed by atoms with van der Waals surface area (Å²) in [6, 6.07) is 10.3. The first-order valence-electron chi connectivity index (χ1n) is 5.53. The second kappa shape index (κ2) is 4.43. The molecule has 2 heteroatoms.